The lowest BCUT2D eigenvalue weighted by Gasteiger charge is -2.32. The topological polar surface area (TPSA) is 21.3 Å². The average molecular weight is 739 g/mol. The molecule has 0 atom stereocenters. The molecule has 0 N–H and O–H groups in total. The Morgan fingerprint density at radius 2 is 0.983 bits per heavy atom. The Kier molecular flexibility index (Phi) is 6.37. The van der Waals surface area contributed by atoms with E-state index in [0.29, 0.717) is 0 Å². The Morgan fingerprint density at radius 3 is 1.72 bits per heavy atom. The Balaban J connectivity index is 1.18. The van der Waals surface area contributed by atoms with Crippen molar-refractivity contribution >= 4 is 60.8 Å². The fraction of sp³-hybridized carbons (Fsp3) is 0.0182. The minimum absolute atomic E-state index is 0.531. The molecule has 13 rings (SSSR count). The summed E-state index contributed by atoms with van der Waals surface area (Å²) in [6.45, 7) is 0. The van der Waals surface area contributed by atoms with E-state index in [-0.39, 0.29) is 0 Å². The lowest BCUT2D eigenvalue weighted by atomic mass is 9.70. The highest BCUT2D eigenvalue weighted by atomic mass is 16.3. The predicted octanol–water partition coefficient (Wildman–Crippen LogP) is 14.5. The number of rotatable bonds is 4. The molecule has 3 heteroatoms. The molecule has 58 heavy (non-hydrogen) atoms. The van der Waals surface area contributed by atoms with Gasteiger partial charge in [0.1, 0.15) is 11.2 Å². The molecule has 0 fully saturated rings. The number of para-hydroxylation sites is 4. The van der Waals surface area contributed by atoms with Crippen molar-refractivity contribution in [2.45, 2.75) is 5.41 Å². The first-order valence-electron chi connectivity index (χ1n) is 20.0. The molecule has 0 saturated heterocycles. The Hall–Kier alpha value is -7.62. The third-order valence-corrected chi connectivity index (χ3v) is 12.8. The van der Waals surface area contributed by atoms with Gasteiger partial charge in [0.05, 0.1) is 27.5 Å². The predicted molar refractivity (Wildman–Crippen MR) is 239 cm³/mol. The van der Waals surface area contributed by atoms with Crippen LogP contribution in [-0.2, 0) is 5.41 Å². The molecule has 0 aliphatic heterocycles. The first kappa shape index (κ1) is 31.6. The summed E-state index contributed by atoms with van der Waals surface area (Å²) in [4.78, 5) is 2.46. The van der Waals surface area contributed by atoms with Crippen LogP contribution in [0.4, 0.5) is 17.1 Å². The van der Waals surface area contributed by atoms with Crippen molar-refractivity contribution in [1.29, 1.82) is 0 Å². The Morgan fingerprint density at radius 1 is 0.414 bits per heavy atom. The fourth-order valence-electron chi connectivity index (χ4n) is 10.6. The van der Waals surface area contributed by atoms with E-state index in [0.717, 1.165) is 44.7 Å². The summed E-state index contributed by atoms with van der Waals surface area (Å²) in [5, 5.41) is 4.63. The number of hydrogen-bond donors (Lipinski definition) is 0. The number of nitrogens with zero attached hydrogens (tertiary/aromatic N) is 2. The molecule has 2 heterocycles. The molecule has 0 unspecified atom stereocenters. The van der Waals surface area contributed by atoms with Gasteiger partial charge in [0, 0.05) is 38.8 Å². The summed E-state index contributed by atoms with van der Waals surface area (Å²) in [6.07, 6.45) is 0. The molecule has 1 spiro atoms. The van der Waals surface area contributed by atoms with Crippen LogP contribution in [0.25, 0.3) is 71.7 Å². The molecule has 2 aliphatic rings. The highest BCUT2D eigenvalue weighted by Gasteiger charge is 2.53. The summed E-state index contributed by atoms with van der Waals surface area (Å²) in [7, 11) is 0. The molecule has 11 aromatic rings. The summed E-state index contributed by atoms with van der Waals surface area (Å²) in [6, 6.07) is 75.3. The maximum absolute atomic E-state index is 7.14. The first-order chi connectivity index (χ1) is 28.8. The van der Waals surface area contributed by atoms with Crippen molar-refractivity contribution < 1.29 is 4.42 Å². The standard InChI is InChI=1S/C55H34N2O/c1-3-17-35(18-4-1)56(37-31-32-49-43(33-37)40-23-10-15-29-48(40)57(49)36-19-5-2-6-20-36)50-34-47-52(54-53(50)42-25-11-16-30-51(42)58-54)41-24-9-14-28-46(41)55(47)44-26-12-7-21-38(44)39-22-8-13-27-45(39)55/h1-34H. The summed E-state index contributed by atoms with van der Waals surface area (Å²) < 4.78 is 9.53. The van der Waals surface area contributed by atoms with Gasteiger partial charge in [0.25, 0.3) is 0 Å². The van der Waals surface area contributed by atoms with Gasteiger partial charge in [-0.3, -0.25) is 0 Å². The van der Waals surface area contributed by atoms with E-state index in [1.165, 1.54) is 66.3 Å². The molecule has 3 nitrogen and oxygen atoms in total. The molecule has 0 saturated carbocycles. The lowest BCUT2D eigenvalue weighted by molar-refractivity contribution is 0.669. The van der Waals surface area contributed by atoms with Crippen LogP contribution >= 0.6 is 0 Å². The van der Waals surface area contributed by atoms with Crippen molar-refractivity contribution in [3.05, 3.63) is 229 Å². The van der Waals surface area contributed by atoms with Crippen LogP contribution in [-0.4, -0.2) is 4.57 Å². The maximum atomic E-state index is 7.14. The Bertz CT molecular complexity index is 3420. The fourth-order valence-corrected chi connectivity index (χ4v) is 10.6. The van der Waals surface area contributed by atoms with Crippen molar-refractivity contribution in [3.8, 4) is 27.9 Å². The number of anilines is 3. The van der Waals surface area contributed by atoms with Gasteiger partial charge < -0.3 is 13.9 Å². The van der Waals surface area contributed by atoms with Crippen LogP contribution in [0.1, 0.15) is 22.3 Å². The van der Waals surface area contributed by atoms with Gasteiger partial charge in [-0.05, 0) is 99.6 Å². The van der Waals surface area contributed by atoms with Crippen molar-refractivity contribution in [3.63, 3.8) is 0 Å². The number of fused-ring (bicyclic) bond motifs is 17. The van der Waals surface area contributed by atoms with Crippen molar-refractivity contribution in [2.75, 3.05) is 4.90 Å². The van der Waals surface area contributed by atoms with Crippen LogP contribution in [0.5, 0.6) is 0 Å². The third kappa shape index (κ3) is 4.02. The molecule has 0 bridgehead atoms. The largest absolute Gasteiger partial charge is 0.455 e. The molecule has 9 aromatic carbocycles. The normalized spacial score (nSPS) is 13.3. The second-order valence-electron chi connectivity index (χ2n) is 15.6. The monoisotopic (exact) mass is 738 g/mol. The van der Waals surface area contributed by atoms with Gasteiger partial charge in [-0.2, -0.15) is 0 Å². The number of furan rings is 1. The first-order valence-corrected chi connectivity index (χ1v) is 20.0. The third-order valence-electron chi connectivity index (χ3n) is 12.8. The summed E-state index contributed by atoms with van der Waals surface area (Å²) in [5.74, 6) is 0. The zero-order valence-corrected chi connectivity index (χ0v) is 31.4. The van der Waals surface area contributed by atoms with Crippen LogP contribution in [0.3, 0.4) is 0 Å². The van der Waals surface area contributed by atoms with Gasteiger partial charge in [0.15, 0.2) is 0 Å². The van der Waals surface area contributed by atoms with Crippen LogP contribution < -0.4 is 4.90 Å². The number of aromatic nitrogens is 1. The molecule has 0 amide bonds. The Labute approximate surface area is 335 Å². The van der Waals surface area contributed by atoms with E-state index in [4.69, 9.17) is 4.42 Å². The van der Waals surface area contributed by atoms with E-state index in [9.17, 15) is 0 Å². The molecular formula is C55H34N2O. The van der Waals surface area contributed by atoms with Gasteiger partial charge in [0.2, 0.25) is 0 Å². The van der Waals surface area contributed by atoms with Gasteiger partial charge >= 0.3 is 0 Å². The smallest absolute Gasteiger partial charge is 0.145 e. The maximum Gasteiger partial charge on any atom is 0.145 e. The molecule has 2 aromatic heterocycles. The van der Waals surface area contributed by atoms with Crippen LogP contribution in [0, 0.1) is 0 Å². The summed E-state index contributed by atoms with van der Waals surface area (Å²) in [5.41, 5.74) is 18.1. The average Bonchev–Trinajstić information content (AvgIpc) is 4.01. The molecular weight excluding hydrogens is 705 g/mol. The van der Waals surface area contributed by atoms with Crippen LogP contribution in [0.15, 0.2) is 211 Å². The molecule has 270 valence electrons. The molecule has 0 radical (unpaired) electrons. The van der Waals surface area contributed by atoms with Crippen molar-refractivity contribution in [2.24, 2.45) is 0 Å². The second kappa shape index (κ2) is 11.7. The SMILES string of the molecule is c1ccc(N(c2ccc3c(c2)c2ccccc2n3-c2ccccc2)c2cc3c(c4oc5ccccc5c24)-c2ccccc2C32c3ccccc3-c3ccccc32)cc1. The van der Waals surface area contributed by atoms with Crippen LogP contribution in [0.2, 0.25) is 0 Å². The second-order valence-corrected chi connectivity index (χ2v) is 15.6. The number of hydrogen-bond acceptors (Lipinski definition) is 2. The zero-order chi connectivity index (χ0) is 38.0. The lowest BCUT2D eigenvalue weighted by Crippen LogP contribution is -2.26. The highest BCUT2D eigenvalue weighted by Crippen LogP contribution is 2.65. The van der Waals surface area contributed by atoms with E-state index in [2.05, 4.69) is 216 Å². The molecule has 2 aliphatic carbocycles. The summed E-state index contributed by atoms with van der Waals surface area (Å²) >= 11 is 0. The highest BCUT2D eigenvalue weighted by molar-refractivity contribution is 6.20. The van der Waals surface area contributed by atoms with E-state index in [1.807, 2.05) is 0 Å². The number of benzene rings is 9. The minimum atomic E-state index is -0.531. The van der Waals surface area contributed by atoms with Gasteiger partial charge in [-0.25, -0.2) is 0 Å². The van der Waals surface area contributed by atoms with Gasteiger partial charge in [-0.15, -0.1) is 0 Å². The van der Waals surface area contributed by atoms with E-state index < -0.39 is 5.41 Å². The van der Waals surface area contributed by atoms with Crippen molar-refractivity contribution in [1.82, 2.24) is 4.57 Å². The zero-order valence-electron chi connectivity index (χ0n) is 31.4. The minimum Gasteiger partial charge on any atom is -0.455 e. The van der Waals surface area contributed by atoms with E-state index in [1.54, 1.807) is 0 Å². The van der Waals surface area contributed by atoms with Gasteiger partial charge in [-0.1, -0.05) is 146 Å². The quantitative estimate of drug-likeness (QED) is 0.179. The van der Waals surface area contributed by atoms with E-state index >= 15 is 0 Å².